The molecule has 0 unspecified atom stereocenters. The van der Waals surface area contributed by atoms with Gasteiger partial charge in [0.2, 0.25) is 5.91 Å². The van der Waals surface area contributed by atoms with Crippen LogP contribution in [0.25, 0.3) is 10.9 Å². The molecule has 3 heterocycles. The van der Waals surface area contributed by atoms with Crippen LogP contribution in [-0.2, 0) is 4.79 Å². The Balaban J connectivity index is 1.32. The highest BCUT2D eigenvalue weighted by Crippen LogP contribution is 2.32. The first-order valence-electron chi connectivity index (χ1n) is 12.1. The minimum Gasteiger partial charge on any atom is -0.377 e. The van der Waals surface area contributed by atoms with Crippen LogP contribution in [0.2, 0.25) is 0 Å². The van der Waals surface area contributed by atoms with Crippen molar-refractivity contribution in [3.8, 4) is 0 Å². The van der Waals surface area contributed by atoms with Crippen molar-refractivity contribution in [3.63, 3.8) is 0 Å². The number of halogens is 3. The van der Waals surface area contributed by atoms with Gasteiger partial charge in [-0.25, -0.2) is 13.2 Å². The van der Waals surface area contributed by atoms with E-state index in [2.05, 4.69) is 25.3 Å². The van der Waals surface area contributed by atoms with Gasteiger partial charge in [-0.1, -0.05) is 18.2 Å². The Morgan fingerprint density at radius 3 is 2.50 bits per heavy atom. The SMILES string of the molecule is C[C@@H](Nc1cnnc2ccc(N3CCN(C(=O)C4CN(C)C4)CC3)cc12)c1cccc(C(F)F)c1F. The molecule has 7 nitrogen and oxygen atoms in total. The molecule has 0 saturated carbocycles. The highest BCUT2D eigenvalue weighted by atomic mass is 19.3. The van der Waals surface area contributed by atoms with Gasteiger partial charge in [-0.05, 0) is 32.2 Å². The van der Waals surface area contributed by atoms with Crippen molar-refractivity contribution >= 4 is 28.2 Å². The number of fused-ring (bicyclic) bond motifs is 1. The number of piperazine rings is 1. The van der Waals surface area contributed by atoms with Gasteiger partial charge in [0.15, 0.2) is 0 Å². The molecular weight excluding hydrogens is 469 g/mol. The van der Waals surface area contributed by atoms with Crippen molar-refractivity contribution < 1.29 is 18.0 Å². The number of nitrogens with zero attached hydrogens (tertiary/aromatic N) is 5. The number of anilines is 2. The number of alkyl halides is 2. The van der Waals surface area contributed by atoms with Gasteiger partial charge in [0.1, 0.15) is 5.82 Å². The molecule has 2 fully saturated rings. The monoisotopic (exact) mass is 498 g/mol. The largest absolute Gasteiger partial charge is 0.377 e. The number of likely N-dealkylation sites (tertiary alicyclic amines) is 1. The average molecular weight is 499 g/mol. The van der Waals surface area contributed by atoms with Crippen LogP contribution in [-0.4, -0.2) is 72.2 Å². The van der Waals surface area contributed by atoms with Gasteiger partial charge in [0.25, 0.3) is 6.43 Å². The van der Waals surface area contributed by atoms with Gasteiger partial charge in [-0.2, -0.15) is 10.2 Å². The maximum Gasteiger partial charge on any atom is 0.266 e. The van der Waals surface area contributed by atoms with Crippen LogP contribution < -0.4 is 10.2 Å². The third-order valence-corrected chi connectivity index (χ3v) is 7.12. The third kappa shape index (κ3) is 4.69. The van der Waals surface area contributed by atoms with Crippen molar-refractivity contribution in [1.82, 2.24) is 20.0 Å². The van der Waals surface area contributed by atoms with Gasteiger partial charge < -0.3 is 20.0 Å². The van der Waals surface area contributed by atoms with Crippen molar-refractivity contribution in [3.05, 3.63) is 59.5 Å². The van der Waals surface area contributed by atoms with Gasteiger partial charge >= 0.3 is 0 Å². The van der Waals surface area contributed by atoms with Crippen LogP contribution in [0.3, 0.4) is 0 Å². The lowest BCUT2D eigenvalue weighted by Crippen LogP contribution is -2.56. The maximum atomic E-state index is 14.7. The van der Waals surface area contributed by atoms with Crippen LogP contribution >= 0.6 is 0 Å². The van der Waals surface area contributed by atoms with Crippen molar-refractivity contribution in [2.75, 3.05) is 56.5 Å². The lowest BCUT2D eigenvalue weighted by atomic mass is 9.99. The lowest BCUT2D eigenvalue weighted by Gasteiger charge is -2.42. The predicted octanol–water partition coefficient (Wildman–Crippen LogP) is 4.09. The molecule has 10 heteroatoms. The molecule has 190 valence electrons. The number of rotatable bonds is 6. The van der Waals surface area contributed by atoms with E-state index in [1.807, 2.05) is 30.1 Å². The second kappa shape index (κ2) is 9.93. The van der Waals surface area contributed by atoms with Crippen LogP contribution in [0.4, 0.5) is 24.5 Å². The zero-order chi connectivity index (χ0) is 25.4. The van der Waals surface area contributed by atoms with Crippen molar-refractivity contribution in [2.45, 2.75) is 19.4 Å². The summed E-state index contributed by atoms with van der Waals surface area (Å²) in [5, 5.41) is 12.3. The van der Waals surface area contributed by atoms with E-state index in [4.69, 9.17) is 0 Å². The Hall–Kier alpha value is -3.40. The number of aromatic nitrogens is 2. The number of carbonyl (C=O) groups excluding carboxylic acids is 1. The quantitative estimate of drug-likeness (QED) is 0.553. The minimum absolute atomic E-state index is 0.114. The first kappa shape index (κ1) is 24.3. The van der Waals surface area contributed by atoms with E-state index >= 15 is 0 Å². The molecule has 2 aromatic carbocycles. The van der Waals surface area contributed by atoms with E-state index in [9.17, 15) is 18.0 Å². The molecule has 0 spiro atoms. The molecule has 5 rings (SSSR count). The van der Waals surface area contributed by atoms with Crippen LogP contribution in [0.5, 0.6) is 0 Å². The number of hydrogen-bond acceptors (Lipinski definition) is 6. The normalized spacial score (nSPS) is 17.9. The fourth-order valence-corrected chi connectivity index (χ4v) is 5.04. The summed E-state index contributed by atoms with van der Waals surface area (Å²) < 4.78 is 41.0. The number of amides is 1. The summed E-state index contributed by atoms with van der Waals surface area (Å²) >= 11 is 0. The van der Waals surface area contributed by atoms with E-state index in [0.717, 1.165) is 43.3 Å². The molecule has 2 aliphatic rings. The minimum atomic E-state index is -2.88. The van der Waals surface area contributed by atoms with Crippen LogP contribution in [0.1, 0.15) is 30.5 Å². The average Bonchev–Trinajstić information content (AvgIpc) is 2.86. The van der Waals surface area contributed by atoms with Crippen molar-refractivity contribution in [1.29, 1.82) is 0 Å². The number of nitrogens with one attached hydrogen (secondary N) is 1. The lowest BCUT2D eigenvalue weighted by molar-refractivity contribution is -0.140. The second-order valence-electron chi connectivity index (χ2n) is 9.61. The summed E-state index contributed by atoms with van der Waals surface area (Å²) in [6.07, 6.45) is -1.32. The zero-order valence-electron chi connectivity index (χ0n) is 20.3. The molecule has 1 aromatic heterocycles. The first-order valence-corrected chi connectivity index (χ1v) is 12.1. The molecule has 36 heavy (non-hydrogen) atoms. The Morgan fingerprint density at radius 1 is 1.08 bits per heavy atom. The van der Waals surface area contributed by atoms with Gasteiger partial charge in [-0.15, -0.1) is 0 Å². The standard InChI is InChI=1S/C26H29F3N6O/c1-16(19-4-3-5-20(24(19)27)25(28)29)31-23-13-30-32-22-7-6-18(12-21(22)23)34-8-10-35(11-9-34)26(36)17-14-33(2)15-17/h3-7,12-13,16-17,25H,8-11,14-15H2,1-2H3,(H,31,32)/t16-/m1/s1. The fraction of sp³-hybridized carbons (Fsp3) is 0.423. The molecule has 1 amide bonds. The predicted molar refractivity (Wildman–Crippen MR) is 133 cm³/mol. The summed E-state index contributed by atoms with van der Waals surface area (Å²) in [5.41, 5.74) is 1.85. The molecule has 1 N–H and O–H groups in total. The van der Waals surface area contributed by atoms with E-state index in [-0.39, 0.29) is 17.4 Å². The van der Waals surface area contributed by atoms with E-state index < -0.39 is 23.8 Å². The van der Waals surface area contributed by atoms with E-state index in [0.29, 0.717) is 24.3 Å². The smallest absolute Gasteiger partial charge is 0.266 e. The van der Waals surface area contributed by atoms with E-state index in [1.165, 1.54) is 12.1 Å². The summed E-state index contributed by atoms with van der Waals surface area (Å²) in [5.74, 6) is -0.548. The molecular formula is C26H29F3N6O. The zero-order valence-corrected chi connectivity index (χ0v) is 20.3. The number of hydrogen-bond donors (Lipinski definition) is 1. The first-order chi connectivity index (χ1) is 17.3. The van der Waals surface area contributed by atoms with Crippen LogP contribution in [0.15, 0.2) is 42.6 Å². The van der Waals surface area contributed by atoms with Gasteiger partial charge in [-0.3, -0.25) is 4.79 Å². The molecule has 0 aliphatic carbocycles. The Bertz CT molecular complexity index is 1260. The summed E-state index contributed by atoms with van der Waals surface area (Å²) in [7, 11) is 2.02. The van der Waals surface area contributed by atoms with Crippen LogP contribution in [0, 0.1) is 11.7 Å². The molecule has 3 aromatic rings. The second-order valence-corrected chi connectivity index (χ2v) is 9.61. The Kier molecular flexibility index (Phi) is 6.70. The fourth-order valence-electron chi connectivity index (χ4n) is 5.04. The molecule has 2 saturated heterocycles. The van der Waals surface area contributed by atoms with Gasteiger partial charge in [0, 0.05) is 55.9 Å². The maximum absolute atomic E-state index is 14.7. The number of benzene rings is 2. The molecule has 1 atom stereocenters. The number of carbonyl (C=O) groups is 1. The summed E-state index contributed by atoms with van der Waals surface area (Å²) in [6, 6.07) is 9.34. The Morgan fingerprint density at radius 2 is 1.81 bits per heavy atom. The van der Waals surface area contributed by atoms with Crippen molar-refractivity contribution in [2.24, 2.45) is 5.92 Å². The highest BCUT2D eigenvalue weighted by molar-refractivity contribution is 5.93. The molecule has 2 aliphatic heterocycles. The molecule has 0 bridgehead atoms. The third-order valence-electron chi connectivity index (χ3n) is 7.12. The Labute approximate surface area is 207 Å². The summed E-state index contributed by atoms with van der Waals surface area (Å²) in [6.45, 7) is 6.18. The molecule has 0 radical (unpaired) electrons. The highest BCUT2D eigenvalue weighted by Gasteiger charge is 2.34. The topological polar surface area (TPSA) is 64.6 Å². The van der Waals surface area contributed by atoms with E-state index in [1.54, 1.807) is 13.1 Å². The summed E-state index contributed by atoms with van der Waals surface area (Å²) in [4.78, 5) is 19.0. The van der Waals surface area contributed by atoms with Gasteiger partial charge in [0.05, 0.1) is 34.9 Å².